The van der Waals surface area contributed by atoms with E-state index >= 15 is 0 Å². The third-order valence-corrected chi connectivity index (χ3v) is 1.76. The van der Waals surface area contributed by atoms with Crippen molar-refractivity contribution in [3.05, 3.63) is 36.0 Å². The van der Waals surface area contributed by atoms with Crippen molar-refractivity contribution in [3.8, 4) is 11.3 Å². The van der Waals surface area contributed by atoms with Crippen LogP contribution in [0.1, 0.15) is 19.4 Å². The molecule has 1 heterocycles. The SMILES string of the molecule is CC.Cc1ccc(-c2cn[nH]n2)cc1. The summed E-state index contributed by atoms with van der Waals surface area (Å²) in [6.45, 7) is 6.06. The zero-order valence-electron chi connectivity index (χ0n) is 8.78. The van der Waals surface area contributed by atoms with Crippen molar-refractivity contribution >= 4 is 0 Å². The Morgan fingerprint density at radius 2 is 1.71 bits per heavy atom. The topological polar surface area (TPSA) is 41.6 Å². The second kappa shape index (κ2) is 5.17. The van der Waals surface area contributed by atoms with Crippen LogP contribution in [0.4, 0.5) is 0 Å². The van der Waals surface area contributed by atoms with Crippen LogP contribution >= 0.6 is 0 Å². The number of hydrogen-bond donors (Lipinski definition) is 1. The molecular weight excluding hydrogens is 174 g/mol. The standard InChI is InChI=1S/C9H9N3.C2H6/c1-7-2-4-8(5-3-7)9-6-10-12-11-9;1-2/h2-6H,1H3,(H,10,11,12);1-2H3. The van der Waals surface area contributed by atoms with Crippen molar-refractivity contribution in [2.75, 3.05) is 0 Å². The van der Waals surface area contributed by atoms with Gasteiger partial charge in [0, 0.05) is 5.56 Å². The number of nitrogens with one attached hydrogen (secondary N) is 1. The number of H-pyrrole nitrogens is 1. The lowest BCUT2D eigenvalue weighted by Gasteiger charge is -1.94. The zero-order valence-corrected chi connectivity index (χ0v) is 8.78. The lowest BCUT2D eigenvalue weighted by Crippen LogP contribution is -1.77. The summed E-state index contributed by atoms with van der Waals surface area (Å²) in [4.78, 5) is 0. The molecule has 0 aliphatic rings. The summed E-state index contributed by atoms with van der Waals surface area (Å²) in [5.74, 6) is 0. The highest BCUT2D eigenvalue weighted by molar-refractivity contribution is 5.57. The number of aromatic nitrogens is 3. The van der Waals surface area contributed by atoms with Gasteiger partial charge in [0.15, 0.2) is 0 Å². The minimum Gasteiger partial charge on any atom is -0.197 e. The summed E-state index contributed by atoms with van der Waals surface area (Å²) in [7, 11) is 0. The molecule has 0 saturated carbocycles. The van der Waals surface area contributed by atoms with E-state index in [0.717, 1.165) is 11.3 Å². The van der Waals surface area contributed by atoms with Crippen LogP contribution < -0.4 is 0 Å². The molecule has 0 amide bonds. The smallest absolute Gasteiger partial charge is 0.112 e. The van der Waals surface area contributed by atoms with Gasteiger partial charge in [-0.2, -0.15) is 15.4 Å². The van der Waals surface area contributed by atoms with Crippen molar-refractivity contribution < 1.29 is 0 Å². The molecule has 3 nitrogen and oxygen atoms in total. The molecule has 2 aromatic rings. The molecule has 0 atom stereocenters. The summed E-state index contributed by atoms with van der Waals surface area (Å²) >= 11 is 0. The van der Waals surface area contributed by atoms with Crippen LogP contribution in [0.2, 0.25) is 0 Å². The fourth-order valence-electron chi connectivity index (χ4n) is 1.07. The van der Waals surface area contributed by atoms with E-state index < -0.39 is 0 Å². The largest absolute Gasteiger partial charge is 0.197 e. The molecule has 3 heteroatoms. The number of benzene rings is 1. The minimum absolute atomic E-state index is 0.884. The van der Waals surface area contributed by atoms with E-state index in [9.17, 15) is 0 Å². The quantitative estimate of drug-likeness (QED) is 0.749. The maximum absolute atomic E-state index is 3.98. The maximum atomic E-state index is 3.98. The molecule has 0 fully saturated rings. The first kappa shape index (κ1) is 10.4. The van der Waals surface area contributed by atoms with Crippen LogP contribution in [0.3, 0.4) is 0 Å². The second-order valence-electron chi connectivity index (χ2n) is 2.72. The molecule has 0 radical (unpaired) electrons. The molecule has 0 aliphatic carbocycles. The minimum atomic E-state index is 0.884. The van der Waals surface area contributed by atoms with Gasteiger partial charge in [-0.1, -0.05) is 43.7 Å². The molecule has 1 aromatic carbocycles. The van der Waals surface area contributed by atoms with Crippen LogP contribution in [-0.4, -0.2) is 15.4 Å². The van der Waals surface area contributed by atoms with E-state index in [2.05, 4.69) is 34.5 Å². The Kier molecular flexibility index (Phi) is 3.85. The van der Waals surface area contributed by atoms with Gasteiger partial charge >= 0.3 is 0 Å². The van der Waals surface area contributed by atoms with Gasteiger partial charge in [0.05, 0.1) is 6.20 Å². The predicted molar refractivity (Wildman–Crippen MR) is 57.9 cm³/mol. The first-order chi connectivity index (χ1) is 6.86. The Morgan fingerprint density at radius 3 is 2.21 bits per heavy atom. The average molecular weight is 189 g/mol. The van der Waals surface area contributed by atoms with Gasteiger partial charge in [-0.15, -0.1) is 0 Å². The molecule has 0 unspecified atom stereocenters. The zero-order chi connectivity index (χ0) is 10.4. The number of aryl methyl sites for hydroxylation is 1. The Morgan fingerprint density at radius 1 is 1.07 bits per heavy atom. The van der Waals surface area contributed by atoms with E-state index in [1.165, 1.54) is 5.56 Å². The number of rotatable bonds is 1. The van der Waals surface area contributed by atoms with E-state index in [1.807, 2.05) is 26.0 Å². The Balaban J connectivity index is 0.000000461. The lowest BCUT2D eigenvalue weighted by molar-refractivity contribution is 0.942. The molecule has 2 rings (SSSR count). The van der Waals surface area contributed by atoms with Crippen molar-refractivity contribution in [1.82, 2.24) is 15.4 Å². The summed E-state index contributed by atoms with van der Waals surface area (Å²) < 4.78 is 0. The van der Waals surface area contributed by atoms with Gasteiger partial charge in [-0.3, -0.25) is 0 Å². The molecule has 14 heavy (non-hydrogen) atoms. The Labute approximate surface area is 84.2 Å². The summed E-state index contributed by atoms with van der Waals surface area (Å²) in [5, 5.41) is 10.3. The lowest BCUT2D eigenvalue weighted by atomic mass is 10.1. The third kappa shape index (κ3) is 2.42. The molecule has 0 spiro atoms. The van der Waals surface area contributed by atoms with Crippen molar-refractivity contribution in [1.29, 1.82) is 0 Å². The van der Waals surface area contributed by atoms with Crippen molar-refractivity contribution in [2.45, 2.75) is 20.8 Å². The van der Waals surface area contributed by atoms with Crippen LogP contribution in [0, 0.1) is 6.92 Å². The van der Waals surface area contributed by atoms with Crippen LogP contribution in [-0.2, 0) is 0 Å². The van der Waals surface area contributed by atoms with Crippen LogP contribution in [0.15, 0.2) is 30.5 Å². The van der Waals surface area contributed by atoms with E-state index in [-0.39, 0.29) is 0 Å². The fraction of sp³-hybridized carbons (Fsp3) is 0.273. The second-order valence-corrected chi connectivity index (χ2v) is 2.72. The molecular formula is C11H15N3. The Bertz CT molecular complexity index is 349. The first-order valence-electron chi connectivity index (χ1n) is 4.79. The van der Waals surface area contributed by atoms with Gasteiger partial charge in [-0.05, 0) is 6.92 Å². The summed E-state index contributed by atoms with van der Waals surface area (Å²) in [6, 6.07) is 8.19. The van der Waals surface area contributed by atoms with Crippen molar-refractivity contribution in [2.24, 2.45) is 0 Å². The highest BCUT2D eigenvalue weighted by Gasteiger charge is 1.97. The number of hydrogen-bond acceptors (Lipinski definition) is 2. The molecule has 74 valence electrons. The number of nitrogens with zero attached hydrogens (tertiary/aromatic N) is 2. The predicted octanol–water partition coefficient (Wildman–Crippen LogP) is 2.81. The van der Waals surface area contributed by atoms with Crippen molar-refractivity contribution in [3.63, 3.8) is 0 Å². The fourth-order valence-corrected chi connectivity index (χ4v) is 1.07. The van der Waals surface area contributed by atoms with E-state index in [4.69, 9.17) is 0 Å². The molecule has 1 N–H and O–H groups in total. The first-order valence-corrected chi connectivity index (χ1v) is 4.79. The maximum Gasteiger partial charge on any atom is 0.112 e. The van der Waals surface area contributed by atoms with E-state index in [1.54, 1.807) is 6.20 Å². The van der Waals surface area contributed by atoms with Crippen LogP contribution in [0.25, 0.3) is 11.3 Å². The summed E-state index contributed by atoms with van der Waals surface area (Å²) in [5.41, 5.74) is 3.23. The average Bonchev–Trinajstić information content (AvgIpc) is 2.75. The number of aromatic amines is 1. The monoisotopic (exact) mass is 189 g/mol. The van der Waals surface area contributed by atoms with Gasteiger partial charge in [-0.25, -0.2) is 0 Å². The third-order valence-electron chi connectivity index (χ3n) is 1.76. The molecule has 1 aromatic heterocycles. The summed E-state index contributed by atoms with van der Waals surface area (Å²) in [6.07, 6.45) is 1.71. The van der Waals surface area contributed by atoms with Gasteiger partial charge in [0.25, 0.3) is 0 Å². The normalized spacial score (nSPS) is 9.07. The van der Waals surface area contributed by atoms with E-state index in [0.29, 0.717) is 0 Å². The highest BCUT2D eigenvalue weighted by Crippen LogP contribution is 2.14. The molecule has 0 bridgehead atoms. The molecule has 0 aliphatic heterocycles. The van der Waals surface area contributed by atoms with Gasteiger partial charge in [0.2, 0.25) is 0 Å². The van der Waals surface area contributed by atoms with Crippen LogP contribution in [0.5, 0.6) is 0 Å². The van der Waals surface area contributed by atoms with Gasteiger partial charge < -0.3 is 0 Å². The highest BCUT2D eigenvalue weighted by atomic mass is 15.3. The van der Waals surface area contributed by atoms with Gasteiger partial charge in [0.1, 0.15) is 5.69 Å². The Hall–Kier alpha value is -1.64. The molecule has 0 saturated heterocycles.